The van der Waals surface area contributed by atoms with Gasteiger partial charge in [0.05, 0.1) is 6.04 Å². The summed E-state index contributed by atoms with van der Waals surface area (Å²) in [5, 5.41) is 3.03. The Kier molecular flexibility index (Phi) is 4.32. The van der Waals surface area contributed by atoms with Crippen LogP contribution in [0.15, 0.2) is 40.9 Å². The number of halogens is 3. The van der Waals surface area contributed by atoms with Gasteiger partial charge in [0.2, 0.25) is 0 Å². The van der Waals surface area contributed by atoms with E-state index in [9.17, 15) is 8.78 Å². The van der Waals surface area contributed by atoms with E-state index in [0.29, 0.717) is 5.56 Å². The second-order valence-corrected chi connectivity index (χ2v) is 5.24. The van der Waals surface area contributed by atoms with Crippen LogP contribution >= 0.6 is 15.9 Å². The van der Waals surface area contributed by atoms with E-state index in [1.165, 1.54) is 6.07 Å². The van der Waals surface area contributed by atoms with Crippen LogP contribution in [0, 0.1) is 18.6 Å². The van der Waals surface area contributed by atoms with E-state index in [0.717, 1.165) is 21.7 Å². The van der Waals surface area contributed by atoms with Crippen LogP contribution in [0.1, 0.15) is 22.7 Å². The van der Waals surface area contributed by atoms with Crippen molar-refractivity contribution in [3.8, 4) is 0 Å². The average molecular weight is 326 g/mol. The number of hydrogen-bond donors (Lipinski definition) is 1. The van der Waals surface area contributed by atoms with E-state index in [1.54, 1.807) is 13.1 Å². The number of aryl methyl sites for hydroxylation is 1. The lowest BCUT2D eigenvalue weighted by Gasteiger charge is -2.20. The number of rotatable bonds is 3. The molecule has 19 heavy (non-hydrogen) atoms. The molecule has 2 rings (SSSR count). The normalized spacial score (nSPS) is 12.5. The molecule has 1 atom stereocenters. The van der Waals surface area contributed by atoms with Crippen molar-refractivity contribution in [2.45, 2.75) is 13.0 Å². The van der Waals surface area contributed by atoms with Crippen LogP contribution in [-0.4, -0.2) is 7.05 Å². The van der Waals surface area contributed by atoms with Gasteiger partial charge in [-0.1, -0.05) is 45.8 Å². The Bertz CT molecular complexity index is 597. The molecule has 1 N–H and O–H groups in total. The van der Waals surface area contributed by atoms with E-state index < -0.39 is 17.7 Å². The van der Waals surface area contributed by atoms with Crippen molar-refractivity contribution in [2.24, 2.45) is 0 Å². The zero-order valence-electron chi connectivity index (χ0n) is 10.7. The van der Waals surface area contributed by atoms with Crippen molar-refractivity contribution in [1.29, 1.82) is 0 Å². The van der Waals surface area contributed by atoms with Gasteiger partial charge in [0.25, 0.3) is 0 Å². The summed E-state index contributed by atoms with van der Waals surface area (Å²) in [6.45, 7) is 1.96. The molecule has 2 aromatic rings. The van der Waals surface area contributed by atoms with Gasteiger partial charge in [0.1, 0.15) is 0 Å². The summed E-state index contributed by atoms with van der Waals surface area (Å²) in [4.78, 5) is 0. The van der Waals surface area contributed by atoms with E-state index >= 15 is 0 Å². The maximum atomic E-state index is 13.9. The van der Waals surface area contributed by atoms with Crippen molar-refractivity contribution in [1.82, 2.24) is 5.32 Å². The third kappa shape index (κ3) is 2.85. The molecule has 0 aliphatic rings. The van der Waals surface area contributed by atoms with Gasteiger partial charge in [0, 0.05) is 10.0 Å². The number of hydrogen-bond acceptors (Lipinski definition) is 1. The summed E-state index contributed by atoms with van der Waals surface area (Å²) in [5.74, 6) is -1.64. The van der Waals surface area contributed by atoms with Gasteiger partial charge in [-0.15, -0.1) is 0 Å². The minimum absolute atomic E-state index is 0.300. The predicted molar refractivity (Wildman–Crippen MR) is 76.1 cm³/mol. The number of nitrogens with one attached hydrogen (secondary N) is 1. The van der Waals surface area contributed by atoms with Crippen molar-refractivity contribution < 1.29 is 8.78 Å². The van der Waals surface area contributed by atoms with E-state index in [2.05, 4.69) is 21.2 Å². The van der Waals surface area contributed by atoms with E-state index in [1.807, 2.05) is 25.1 Å². The minimum atomic E-state index is -0.832. The molecule has 100 valence electrons. The van der Waals surface area contributed by atoms with Gasteiger partial charge >= 0.3 is 0 Å². The smallest absolute Gasteiger partial charge is 0.163 e. The van der Waals surface area contributed by atoms with Gasteiger partial charge < -0.3 is 5.32 Å². The zero-order chi connectivity index (χ0) is 14.0. The third-order valence-electron chi connectivity index (χ3n) is 3.04. The van der Waals surface area contributed by atoms with Gasteiger partial charge in [-0.2, -0.15) is 0 Å². The average Bonchev–Trinajstić information content (AvgIpc) is 2.39. The number of benzene rings is 2. The first kappa shape index (κ1) is 14.2. The maximum absolute atomic E-state index is 13.9. The lowest BCUT2D eigenvalue weighted by Crippen LogP contribution is -2.20. The quantitative estimate of drug-likeness (QED) is 0.884. The molecule has 0 aliphatic carbocycles. The van der Waals surface area contributed by atoms with Crippen LogP contribution < -0.4 is 5.32 Å². The Balaban J connectivity index is 2.56. The van der Waals surface area contributed by atoms with Crippen LogP contribution in [0.4, 0.5) is 8.78 Å². The largest absolute Gasteiger partial charge is 0.309 e. The summed E-state index contributed by atoms with van der Waals surface area (Å²) in [6, 6.07) is 9.65. The summed E-state index contributed by atoms with van der Waals surface area (Å²) in [6.07, 6.45) is 0. The fourth-order valence-electron chi connectivity index (χ4n) is 2.11. The monoisotopic (exact) mass is 325 g/mol. The third-order valence-corrected chi connectivity index (χ3v) is 3.77. The first-order valence-corrected chi connectivity index (χ1v) is 6.71. The lowest BCUT2D eigenvalue weighted by molar-refractivity contribution is 0.487. The summed E-state index contributed by atoms with van der Waals surface area (Å²) >= 11 is 3.46. The first-order valence-electron chi connectivity index (χ1n) is 5.92. The Hall–Kier alpha value is -1.26. The Labute approximate surface area is 119 Å². The molecule has 0 amide bonds. The molecule has 0 saturated heterocycles. The predicted octanol–water partition coefficient (Wildman–Crippen LogP) is 4.34. The maximum Gasteiger partial charge on any atom is 0.163 e. The molecular weight excluding hydrogens is 312 g/mol. The molecular formula is C15H14BrF2N. The molecule has 0 bridgehead atoms. The minimum Gasteiger partial charge on any atom is -0.309 e. The molecule has 0 spiro atoms. The Morgan fingerprint density at radius 3 is 2.53 bits per heavy atom. The standard InChI is InChI=1S/C15H14BrF2N/c1-9-6-7-12(16)11(8-9)15(19-2)10-4-3-5-13(17)14(10)18/h3-8,15,19H,1-2H3. The van der Waals surface area contributed by atoms with Crippen molar-refractivity contribution in [3.63, 3.8) is 0 Å². The highest BCUT2D eigenvalue weighted by Gasteiger charge is 2.20. The molecule has 2 aromatic carbocycles. The summed E-state index contributed by atoms with van der Waals surface area (Å²) < 4.78 is 28.1. The molecule has 0 fully saturated rings. The molecule has 0 heterocycles. The van der Waals surface area contributed by atoms with Gasteiger partial charge in [-0.05, 0) is 31.7 Å². The summed E-state index contributed by atoms with van der Waals surface area (Å²) in [5.41, 5.74) is 2.25. The van der Waals surface area contributed by atoms with Crippen LogP contribution in [0.3, 0.4) is 0 Å². The molecule has 0 aromatic heterocycles. The highest BCUT2D eigenvalue weighted by atomic mass is 79.9. The molecule has 0 aliphatic heterocycles. The van der Waals surface area contributed by atoms with Crippen LogP contribution in [0.5, 0.6) is 0 Å². The SMILES string of the molecule is CNC(c1cc(C)ccc1Br)c1cccc(F)c1F. The lowest BCUT2D eigenvalue weighted by atomic mass is 9.97. The molecule has 4 heteroatoms. The van der Waals surface area contributed by atoms with E-state index in [-0.39, 0.29) is 0 Å². The molecule has 1 nitrogen and oxygen atoms in total. The van der Waals surface area contributed by atoms with E-state index in [4.69, 9.17) is 0 Å². The Morgan fingerprint density at radius 1 is 1.11 bits per heavy atom. The molecule has 0 radical (unpaired) electrons. The zero-order valence-corrected chi connectivity index (χ0v) is 12.3. The highest BCUT2D eigenvalue weighted by molar-refractivity contribution is 9.10. The van der Waals surface area contributed by atoms with Crippen LogP contribution in [0.2, 0.25) is 0 Å². The topological polar surface area (TPSA) is 12.0 Å². The summed E-state index contributed by atoms with van der Waals surface area (Å²) in [7, 11) is 1.73. The van der Waals surface area contributed by atoms with Crippen LogP contribution in [-0.2, 0) is 0 Å². The first-order chi connectivity index (χ1) is 9.04. The molecule has 0 saturated carbocycles. The fraction of sp³-hybridized carbons (Fsp3) is 0.200. The second kappa shape index (κ2) is 5.80. The van der Waals surface area contributed by atoms with Crippen LogP contribution in [0.25, 0.3) is 0 Å². The van der Waals surface area contributed by atoms with Crippen molar-refractivity contribution in [3.05, 3.63) is 69.2 Å². The van der Waals surface area contributed by atoms with Crippen molar-refractivity contribution >= 4 is 15.9 Å². The second-order valence-electron chi connectivity index (χ2n) is 4.39. The molecule has 1 unspecified atom stereocenters. The highest BCUT2D eigenvalue weighted by Crippen LogP contribution is 2.31. The van der Waals surface area contributed by atoms with Gasteiger partial charge in [0.15, 0.2) is 11.6 Å². The van der Waals surface area contributed by atoms with Gasteiger partial charge in [-0.3, -0.25) is 0 Å². The van der Waals surface area contributed by atoms with Crippen molar-refractivity contribution in [2.75, 3.05) is 7.05 Å². The van der Waals surface area contributed by atoms with Gasteiger partial charge in [-0.25, -0.2) is 8.78 Å². The fourth-order valence-corrected chi connectivity index (χ4v) is 2.58. The Morgan fingerprint density at radius 2 is 1.84 bits per heavy atom.